The number of fused-ring (bicyclic) bond motifs is 1. The van der Waals surface area contributed by atoms with E-state index in [2.05, 4.69) is 5.32 Å². The van der Waals surface area contributed by atoms with Gasteiger partial charge in [0.15, 0.2) is 5.78 Å². The molecule has 3 rings (SSSR count). The third-order valence-corrected chi connectivity index (χ3v) is 6.60. The summed E-state index contributed by atoms with van der Waals surface area (Å²) in [4.78, 5) is 26.7. The summed E-state index contributed by atoms with van der Waals surface area (Å²) in [5, 5.41) is 3.54. The number of carbonyl (C=O) groups excluding carboxylic acids is 2. The van der Waals surface area contributed by atoms with Crippen LogP contribution in [0.2, 0.25) is 0 Å². The summed E-state index contributed by atoms with van der Waals surface area (Å²) in [5.74, 6) is 0.551. The van der Waals surface area contributed by atoms with Gasteiger partial charge in [-0.2, -0.15) is 4.31 Å². The number of benzene rings is 2. The van der Waals surface area contributed by atoms with Crippen molar-refractivity contribution < 1.29 is 31.9 Å². The molecule has 0 aliphatic heterocycles. The van der Waals surface area contributed by atoms with E-state index in [9.17, 15) is 18.0 Å². The lowest BCUT2D eigenvalue weighted by Gasteiger charge is -2.25. The first kappa shape index (κ1) is 30.0. The number of ketones is 1. The zero-order valence-corrected chi connectivity index (χ0v) is 23.9. The van der Waals surface area contributed by atoms with Gasteiger partial charge in [0, 0.05) is 17.5 Å². The first-order valence-electron chi connectivity index (χ1n) is 12.9. The fourth-order valence-electron chi connectivity index (χ4n) is 3.80. The summed E-state index contributed by atoms with van der Waals surface area (Å²) in [7, 11) is -4.06. The third-order valence-electron chi connectivity index (χ3n) is 5.57. The van der Waals surface area contributed by atoms with Gasteiger partial charge in [-0.15, -0.1) is 0 Å². The van der Waals surface area contributed by atoms with E-state index in [1.165, 1.54) is 18.2 Å². The van der Waals surface area contributed by atoms with Crippen molar-refractivity contribution in [1.82, 2.24) is 0 Å². The minimum atomic E-state index is -4.06. The van der Waals surface area contributed by atoms with Crippen LogP contribution in [0.5, 0.6) is 5.75 Å². The highest BCUT2D eigenvalue weighted by atomic mass is 32.2. The Hall–Kier alpha value is -3.57. The summed E-state index contributed by atoms with van der Waals surface area (Å²) in [6.45, 7) is 8.54. The maximum absolute atomic E-state index is 13.8. The number of nitrogens with one attached hydrogen (secondary N) is 1. The number of carbonyl (C=O) groups is 2. The van der Waals surface area contributed by atoms with Crippen molar-refractivity contribution in [2.75, 3.05) is 35.6 Å². The van der Waals surface area contributed by atoms with E-state index < -0.39 is 21.7 Å². The van der Waals surface area contributed by atoms with Gasteiger partial charge in [0.25, 0.3) is 0 Å². The predicted octanol–water partition coefficient (Wildman–Crippen LogP) is 5.30. The Balaban J connectivity index is 2.09. The van der Waals surface area contributed by atoms with Crippen LogP contribution >= 0.6 is 0 Å². The minimum Gasteiger partial charge on any atom is -0.494 e. The van der Waals surface area contributed by atoms with Gasteiger partial charge in [-0.05, 0) is 82.6 Å². The van der Waals surface area contributed by atoms with Crippen molar-refractivity contribution in [2.45, 2.75) is 52.6 Å². The molecule has 1 aromatic heterocycles. The van der Waals surface area contributed by atoms with Gasteiger partial charge in [-0.25, -0.2) is 13.2 Å². The summed E-state index contributed by atoms with van der Waals surface area (Å²) >= 11 is 0. The standard InChI is InChI=1S/C28H37N3O7S/c1-6-7-16-30-26-24(25(32)19-9-12-21(13-10-19)36-17-8-15-29)22-18-20(11-14-23(22)37-26)31(39(5,34)35)27(33)38-28(2,3)4/h9-14,18,30H,6-8,15-17,29H2,1-5H3. The van der Waals surface area contributed by atoms with E-state index in [1.807, 2.05) is 6.92 Å². The highest BCUT2D eigenvalue weighted by Crippen LogP contribution is 2.36. The van der Waals surface area contributed by atoms with Crippen molar-refractivity contribution in [2.24, 2.45) is 5.73 Å². The van der Waals surface area contributed by atoms with E-state index in [0.29, 0.717) is 52.7 Å². The van der Waals surface area contributed by atoms with Gasteiger partial charge in [0.1, 0.15) is 16.9 Å². The molecule has 0 saturated carbocycles. The molecule has 0 aliphatic carbocycles. The van der Waals surface area contributed by atoms with Crippen LogP contribution in [0.25, 0.3) is 11.0 Å². The van der Waals surface area contributed by atoms with Crippen LogP contribution in [0.15, 0.2) is 46.9 Å². The molecule has 0 atom stereocenters. The van der Waals surface area contributed by atoms with Crippen LogP contribution in [-0.2, 0) is 14.8 Å². The molecule has 0 unspecified atom stereocenters. The number of anilines is 2. The molecule has 0 spiro atoms. The third kappa shape index (κ3) is 7.73. The number of nitrogens with zero attached hydrogens (tertiary/aromatic N) is 1. The number of furan rings is 1. The first-order chi connectivity index (χ1) is 18.4. The summed E-state index contributed by atoms with van der Waals surface area (Å²) in [5.41, 5.74) is 5.60. The van der Waals surface area contributed by atoms with Gasteiger partial charge in [0.05, 0.1) is 24.1 Å². The van der Waals surface area contributed by atoms with E-state index in [4.69, 9.17) is 19.6 Å². The van der Waals surface area contributed by atoms with Crippen LogP contribution in [-0.4, -0.2) is 51.8 Å². The normalized spacial score (nSPS) is 11.8. The summed E-state index contributed by atoms with van der Waals surface area (Å²) in [6, 6.07) is 11.1. The molecule has 3 aromatic rings. The smallest absolute Gasteiger partial charge is 0.428 e. The average Bonchev–Trinajstić information content (AvgIpc) is 3.20. The van der Waals surface area contributed by atoms with Crippen LogP contribution in [0.3, 0.4) is 0 Å². The summed E-state index contributed by atoms with van der Waals surface area (Å²) < 4.78 is 42.8. The molecule has 0 bridgehead atoms. The van der Waals surface area contributed by atoms with Gasteiger partial charge in [-0.3, -0.25) is 4.79 Å². The van der Waals surface area contributed by atoms with Gasteiger partial charge in [0.2, 0.25) is 15.9 Å². The van der Waals surface area contributed by atoms with Gasteiger partial charge in [-0.1, -0.05) is 13.3 Å². The maximum atomic E-state index is 13.8. The second-order valence-corrected chi connectivity index (χ2v) is 12.0. The molecule has 0 aliphatic rings. The Morgan fingerprint density at radius 3 is 2.36 bits per heavy atom. The van der Waals surface area contributed by atoms with E-state index in [-0.39, 0.29) is 22.9 Å². The monoisotopic (exact) mass is 559 g/mol. The summed E-state index contributed by atoms with van der Waals surface area (Å²) in [6.07, 6.45) is 2.37. The minimum absolute atomic E-state index is 0.0258. The Kier molecular flexibility index (Phi) is 9.63. The molecular weight excluding hydrogens is 522 g/mol. The zero-order chi connectivity index (χ0) is 28.8. The topological polar surface area (TPSA) is 141 Å². The highest BCUT2D eigenvalue weighted by molar-refractivity contribution is 7.92. The highest BCUT2D eigenvalue weighted by Gasteiger charge is 2.32. The molecule has 0 fully saturated rings. The molecular formula is C28H37N3O7S. The Labute approximate surface area is 229 Å². The number of ether oxygens (including phenoxy) is 2. The molecule has 2 aromatic carbocycles. The zero-order valence-electron chi connectivity index (χ0n) is 23.1. The van der Waals surface area contributed by atoms with E-state index in [1.54, 1.807) is 45.0 Å². The van der Waals surface area contributed by atoms with Crippen molar-refractivity contribution in [1.29, 1.82) is 0 Å². The predicted molar refractivity (Wildman–Crippen MR) is 152 cm³/mol. The van der Waals surface area contributed by atoms with Crippen molar-refractivity contribution in [3.8, 4) is 5.75 Å². The lowest BCUT2D eigenvalue weighted by molar-refractivity contribution is 0.0609. The van der Waals surface area contributed by atoms with Gasteiger partial charge < -0.3 is 24.9 Å². The molecule has 11 heteroatoms. The number of sulfonamides is 1. The largest absolute Gasteiger partial charge is 0.494 e. The number of amides is 1. The fraction of sp³-hybridized carbons (Fsp3) is 0.429. The Bertz CT molecular complexity index is 1410. The second kappa shape index (κ2) is 12.5. The average molecular weight is 560 g/mol. The first-order valence-corrected chi connectivity index (χ1v) is 14.7. The molecule has 0 saturated heterocycles. The van der Waals surface area contributed by atoms with Crippen molar-refractivity contribution >= 4 is 44.4 Å². The van der Waals surface area contributed by atoms with Crippen LogP contribution in [0.1, 0.15) is 62.9 Å². The number of hydrogen-bond donors (Lipinski definition) is 2. The number of hydrogen-bond acceptors (Lipinski definition) is 9. The van der Waals surface area contributed by atoms with Crippen LogP contribution in [0, 0.1) is 0 Å². The number of rotatable bonds is 12. The number of unbranched alkanes of at least 4 members (excludes halogenated alkanes) is 1. The second-order valence-electron chi connectivity index (χ2n) is 10.1. The molecule has 1 amide bonds. The quantitative estimate of drug-likeness (QED) is 0.223. The molecule has 0 radical (unpaired) electrons. The SMILES string of the molecule is CCCCNc1oc2ccc(N(C(=O)OC(C)(C)C)S(C)(=O)=O)cc2c1C(=O)c1ccc(OCCCN)cc1. The van der Waals surface area contributed by atoms with E-state index >= 15 is 0 Å². The molecule has 212 valence electrons. The molecule has 10 nitrogen and oxygen atoms in total. The molecule has 39 heavy (non-hydrogen) atoms. The molecule has 3 N–H and O–H groups in total. The lowest BCUT2D eigenvalue weighted by Crippen LogP contribution is -2.40. The van der Waals surface area contributed by atoms with Crippen molar-refractivity contribution in [3.63, 3.8) is 0 Å². The fourth-order valence-corrected chi connectivity index (χ4v) is 4.60. The van der Waals surface area contributed by atoms with Crippen molar-refractivity contribution in [3.05, 3.63) is 53.6 Å². The van der Waals surface area contributed by atoms with Crippen LogP contribution in [0.4, 0.5) is 16.4 Å². The maximum Gasteiger partial charge on any atom is 0.428 e. The Morgan fingerprint density at radius 1 is 1.08 bits per heavy atom. The van der Waals surface area contributed by atoms with E-state index in [0.717, 1.165) is 19.1 Å². The molecule has 1 heterocycles. The lowest BCUT2D eigenvalue weighted by atomic mass is 10.0. The van der Waals surface area contributed by atoms with Gasteiger partial charge >= 0.3 is 6.09 Å². The Morgan fingerprint density at radius 2 is 1.77 bits per heavy atom. The van der Waals surface area contributed by atoms with Crippen LogP contribution < -0.4 is 20.1 Å². The number of nitrogens with two attached hydrogens (primary N) is 1.